The molecule has 0 fully saturated rings. The van der Waals surface area contributed by atoms with Gasteiger partial charge >= 0.3 is 5.97 Å². The van der Waals surface area contributed by atoms with Crippen LogP contribution in [-0.2, 0) is 22.5 Å². The molecule has 2 rings (SSSR count). The number of aromatic nitrogens is 2. The van der Waals surface area contributed by atoms with Crippen LogP contribution in [0.1, 0.15) is 37.9 Å². The molecular weight excluding hydrogens is 320 g/mol. The van der Waals surface area contributed by atoms with Crippen LogP contribution in [0.15, 0.2) is 30.3 Å². The normalized spacial score (nSPS) is 10.5. The molecule has 0 spiro atoms. The summed E-state index contributed by atoms with van der Waals surface area (Å²) in [6.45, 7) is 5.42. The van der Waals surface area contributed by atoms with Gasteiger partial charge in [-0.1, -0.05) is 25.1 Å². The van der Waals surface area contributed by atoms with Gasteiger partial charge in [0, 0.05) is 17.3 Å². The lowest BCUT2D eigenvalue weighted by molar-refractivity contribution is -0.143. The molecule has 0 unspecified atom stereocenters. The molecule has 2 aromatic rings. The number of methoxy groups -OCH3 is 1. The zero-order valence-electron chi connectivity index (χ0n) is 15.2. The number of benzene rings is 1. The minimum absolute atomic E-state index is 0.205. The number of hydrogen-bond acceptors (Lipinski definition) is 5. The Labute approximate surface area is 148 Å². The van der Waals surface area contributed by atoms with Crippen molar-refractivity contribution in [1.82, 2.24) is 9.78 Å². The molecule has 0 aliphatic heterocycles. The molecule has 0 radical (unpaired) electrons. The Bertz CT molecular complexity index is 682. The van der Waals surface area contributed by atoms with Crippen LogP contribution < -0.4 is 9.47 Å². The highest BCUT2D eigenvalue weighted by atomic mass is 16.5. The van der Waals surface area contributed by atoms with Gasteiger partial charge in [-0.3, -0.25) is 9.48 Å². The number of carbonyl (C=O) groups excluding carboxylic acids is 1. The molecule has 0 bridgehead atoms. The molecule has 6 nitrogen and oxygen atoms in total. The number of aryl methyl sites for hydroxylation is 1. The van der Waals surface area contributed by atoms with Gasteiger partial charge in [0.2, 0.25) is 5.88 Å². The molecule has 1 aromatic carbocycles. The fourth-order valence-corrected chi connectivity index (χ4v) is 2.50. The lowest BCUT2D eigenvalue weighted by Gasteiger charge is -2.10. The van der Waals surface area contributed by atoms with Gasteiger partial charge in [-0.2, -0.15) is 0 Å². The van der Waals surface area contributed by atoms with Gasteiger partial charge in [0.15, 0.2) is 0 Å². The number of carbonyl (C=O) groups is 1. The average Bonchev–Trinajstić information content (AvgIpc) is 3.00. The molecule has 136 valence electrons. The minimum Gasteiger partial charge on any atom is -0.496 e. The number of nitrogens with zero attached hydrogens (tertiary/aromatic N) is 2. The van der Waals surface area contributed by atoms with Crippen molar-refractivity contribution in [3.63, 3.8) is 0 Å². The van der Waals surface area contributed by atoms with Gasteiger partial charge in [-0.05, 0) is 25.8 Å². The van der Waals surface area contributed by atoms with Gasteiger partial charge in [0.05, 0.1) is 33.3 Å². The summed E-state index contributed by atoms with van der Waals surface area (Å²) in [5.74, 6) is 1.18. The van der Waals surface area contributed by atoms with Crippen molar-refractivity contribution in [2.45, 2.75) is 39.7 Å². The van der Waals surface area contributed by atoms with Crippen LogP contribution in [0.25, 0.3) is 0 Å². The topological polar surface area (TPSA) is 62.6 Å². The molecule has 6 heteroatoms. The molecule has 0 aliphatic rings. The maximum atomic E-state index is 11.7. The molecule has 0 saturated carbocycles. The molecule has 25 heavy (non-hydrogen) atoms. The number of ether oxygens (including phenoxy) is 3. The van der Waals surface area contributed by atoms with E-state index < -0.39 is 0 Å². The van der Waals surface area contributed by atoms with Crippen molar-refractivity contribution >= 4 is 5.97 Å². The number of hydrogen-bond donors (Lipinski definition) is 0. The first-order chi connectivity index (χ1) is 12.2. The Morgan fingerprint density at radius 2 is 2.04 bits per heavy atom. The molecule has 0 N–H and O–H groups in total. The van der Waals surface area contributed by atoms with Crippen LogP contribution in [0.5, 0.6) is 11.6 Å². The Hall–Kier alpha value is -2.50. The summed E-state index contributed by atoms with van der Waals surface area (Å²) in [5.41, 5.74) is 1.96. The highest BCUT2D eigenvalue weighted by molar-refractivity contribution is 5.69. The van der Waals surface area contributed by atoms with E-state index in [4.69, 9.17) is 14.2 Å². The lowest BCUT2D eigenvalue weighted by atomic mass is 10.2. The van der Waals surface area contributed by atoms with E-state index in [1.807, 2.05) is 41.9 Å². The lowest BCUT2D eigenvalue weighted by Crippen LogP contribution is -2.11. The number of para-hydroxylation sites is 1. The van der Waals surface area contributed by atoms with E-state index in [0.717, 1.165) is 23.4 Å². The molecule has 0 aliphatic carbocycles. The number of rotatable bonds is 10. The predicted octanol–water partition coefficient (Wildman–Crippen LogP) is 3.22. The summed E-state index contributed by atoms with van der Waals surface area (Å²) in [6.07, 6.45) is 1.78. The summed E-state index contributed by atoms with van der Waals surface area (Å²) < 4.78 is 17.9. The maximum Gasteiger partial charge on any atom is 0.306 e. The third-order valence-electron chi connectivity index (χ3n) is 3.70. The Morgan fingerprint density at radius 1 is 1.24 bits per heavy atom. The second kappa shape index (κ2) is 9.71. The largest absolute Gasteiger partial charge is 0.496 e. The molecule has 0 atom stereocenters. The maximum absolute atomic E-state index is 11.7. The first-order valence-electron chi connectivity index (χ1n) is 8.65. The van der Waals surface area contributed by atoms with E-state index >= 15 is 0 Å². The van der Waals surface area contributed by atoms with Crippen molar-refractivity contribution in [1.29, 1.82) is 0 Å². The second-order valence-electron chi connectivity index (χ2n) is 5.60. The second-order valence-corrected chi connectivity index (χ2v) is 5.60. The van der Waals surface area contributed by atoms with Crippen LogP contribution in [0.4, 0.5) is 0 Å². The third-order valence-corrected chi connectivity index (χ3v) is 3.70. The standard InChI is InChI=1S/C19H26N2O4/c1-4-12-25-18-13-16(10-11-19(22)24-5-2)21(20-18)14-15-8-6-7-9-17(15)23-3/h6-9,13H,4-5,10-12,14H2,1-3H3. The minimum atomic E-state index is -0.205. The van der Waals surface area contributed by atoms with E-state index in [1.165, 1.54) is 0 Å². The van der Waals surface area contributed by atoms with E-state index in [-0.39, 0.29) is 5.97 Å². The quantitative estimate of drug-likeness (QED) is 0.618. The molecule has 0 saturated heterocycles. The highest BCUT2D eigenvalue weighted by Crippen LogP contribution is 2.21. The zero-order chi connectivity index (χ0) is 18.1. The molecular formula is C19H26N2O4. The summed E-state index contributed by atoms with van der Waals surface area (Å²) in [6, 6.07) is 9.72. The van der Waals surface area contributed by atoms with Gasteiger partial charge in [0.25, 0.3) is 0 Å². The average molecular weight is 346 g/mol. The van der Waals surface area contributed by atoms with Gasteiger partial charge < -0.3 is 14.2 Å². The summed E-state index contributed by atoms with van der Waals surface area (Å²) in [4.78, 5) is 11.7. The van der Waals surface area contributed by atoms with Crippen LogP contribution in [0, 0.1) is 0 Å². The zero-order valence-corrected chi connectivity index (χ0v) is 15.2. The van der Waals surface area contributed by atoms with E-state index in [9.17, 15) is 4.79 Å². The Balaban J connectivity index is 2.18. The molecule has 1 heterocycles. The summed E-state index contributed by atoms with van der Waals surface area (Å²) in [5, 5.41) is 4.53. The van der Waals surface area contributed by atoms with Crippen molar-refractivity contribution in [2.24, 2.45) is 0 Å². The van der Waals surface area contributed by atoms with Crippen molar-refractivity contribution in [3.05, 3.63) is 41.6 Å². The molecule has 1 aromatic heterocycles. The van der Waals surface area contributed by atoms with Crippen LogP contribution in [-0.4, -0.2) is 36.1 Å². The first-order valence-corrected chi connectivity index (χ1v) is 8.65. The fraction of sp³-hybridized carbons (Fsp3) is 0.474. The van der Waals surface area contributed by atoms with E-state index in [0.29, 0.717) is 38.5 Å². The van der Waals surface area contributed by atoms with Gasteiger partial charge in [-0.15, -0.1) is 5.10 Å². The summed E-state index contributed by atoms with van der Waals surface area (Å²) in [7, 11) is 1.65. The van der Waals surface area contributed by atoms with E-state index in [2.05, 4.69) is 5.10 Å². The monoisotopic (exact) mass is 346 g/mol. The molecule has 0 amide bonds. The summed E-state index contributed by atoms with van der Waals surface area (Å²) >= 11 is 0. The van der Waals surface area contributed by atoms with Gasteiger partial charge in [0.1, 0.15) is 5.75 Å². The Kier molecular flexibility index (Phi) is 7.32. The van der Waals surface area contributed by atoms with Crippen LogP contribution in [0.2, 0.25) is 0 Å². The van der Waals surface area contributed by atoms with Crippen molar-refractivity contribution in [2.75, 3.05) is 20.3 Å². The number of esters is 1. The smallest absolute Gasteiger partial charge is 0.306 e. The predicted molar refractivity (Wildman–Crippen MR) is 95.1 cm³/mol. The van der Waals surface area contributed by atoms with Gasteiger partial charge in [-0.25, -0.2) is 0 Å². The van der Waals surface area contributed by atoms with Crippen LogP contribution in [0.3, 0.4) is 0 Å². The fourth-order valence-electron chi connectivity index (χ4n) is 2.50. The van der Waals surface area contributed by atoms with Crippen LogP contribution >= 0.6 is 0 Å². The first kappa shape index (κ1) is 18.8. The van der Waals surface area contributed by atoms with Crippen molar-refractivity contribution < 1.29 is 19.0 Å². The SMILES string of the molecule is CCCOc1cc(CCC(=O)OCC)n(Cc2ccccc2OC)n1. The Morgan fingerprint density at radius 3 is 2.76 bits per heavy atom. The third kappa shape index (κ3) is 5.52. The van der Waals surface area contributed by atoms with Crippen molar-refractivity contribution in [3.8, 4) is 11.6 Å². The van der Waals surface area contributed by atoms with E-state index in [1.54, 1.807) is 14.0 Å². The highest BCUT2D eigenvalue weighted by Gasteiger charge is 2.13.